The fourth-order valence-electron chi connectivity index (χ4n) is 0.400. The van der Waals surface area contributed by atoms with E-state index in [1.54, 1.807) is 0 Å². The van der Waals surface area contributed by atoms with Gasteiger partial charge in [0.15, 0.2) is 0 Å². The zero-order valence-corrected chi connectivity index (χ0v) is 7.76. The molecule has 0 aromatic rings. The molecule has 1 unspecified atom stereocenters. The van der Waals surface area contributed by atoms with Crippen LogP contribution < -0.4 is 0 Å². The van der Waals surface area contributed by atoms with Gasteiger partial charge >= 0.3 is 11.9 Å². The molecule has 0 bridgehead atoms. The van der Waals surface area contributed by atoms with E-state index in [1.807, 2.05) is 6.92 Å². The van der Waals surface area contributed by atoms with Crippen LogP contribution in [0.15, 0.2) is 0 Å². The van der Waals surface area contributed by atoms with E-state index < -0.39 is 17.3 Å². The van der Waals surface area contributed by atoms with Gasteiger partial charge in [0, 0.05) is 6.42 Å². The van der Waals surface area contributed by atoms with Gasteiger partial charge in [0.05, 0.1) is 0 Å². The summed E-state index contributed by atoms with van der Waals surface area (Å²) in [5, 5.41) is -0.806. The van der Waals surface area contributed by atoms with E-state index in [0.717, 1.165) is 0 Å². The molecule has 12 heavy (non-hydrogen) atoms. The Hall–Kier alpha value is -0.770. The van der Waals surface area contributed by atoms with Gasteiger partial charge in [-0.15, -0.1) is 11.6 Å². The summed E-state index contributed by atoms with van der Waals surface area (Å²) in [6.07, 6.45) is 0.872. The molecule has 0 spiro atoms. The molecular weight excluding hydrogens is 184 g/mol. The molecule has 0 aromatic heterocycles. The van der Waals surface area contributed by atoms with Crippen LogP contribution in [0.1, 0.15) is 26.7 Å². The van der Waals surface area contributed by atoms with Crippen LogP contribution in [-0.4, -0.2) is 17.3 Å². The minimum absolute atomic E-state index is 0.226. The van der Waals surface area contributed by atoms with E-state index in [0.29, 0.717) is 6.42 Å². The minimum atomic E-state index is -0.806. The molecule has 0 fully saturated rings. The van der Waals surface area contributed by atoms with Crippen LogP contribution in [0.4, 0.5) is 0 Å². The first kappa shape index (κ1) is 11.2. The topological polar surface area (TPSA) is 52.6 Å². The van der Waals surface area contributed by atoms with Gasteiger partial charge in [0.25, 0.3) is 0 Å². The second-order valence-electron chi connectivity index (χ2n) is 2.22. The molecule has 0 aliphatic rings. The molecule has 0 rings (SSSR count). The lowest BCUT2D eigenvalue weighted by Gasteiger charge is -2.02. The second kappa shape index (κ2) is 5.83. The predicted octanol–water partition coefficient (Wildman–Crippen LogP) is 1.42. The Bertz CT molecular complexity index is 167. The third-order valence-corrected chi connectivity index (χ3v) is 1.17. The Labute approximate surface area is 75.7 Å². The molecule has 1 atom stereocenters. The minimum Gasteiger partial charge on any atom is -0.247 e. The van der Waals surface area contributed by atoms with E-state index in [-0.39, 0.29) is 6.42 Å². The van der Waals surface area contributed by atoms with Gasteiger partial charge in [-0.1, -0.05) is 6.92 Å². The smallest absolute Gasteiger partial charge is 0.247 e. The molecule has 0 amide bonds. The maximum absolute atomic E-state index is 10.6. The Morgan fingerprint density at radius 1 is 1.42 bits per heavy atom. The zero-order chi connectivity index (χ0) is 9.56. The van der Waals surface area contributed by atoms with Gasteiger partial charge in [0.1, 0.15) is 5.38 Å². The molecule has 0 radical (unpaired) electrons. The summed E-state index contributed by atoms with van der Waals surface area (Å²) in [6, 6.07) is 0. The summed E-state index contributed by atoms with van der Waals surface area (Å²) in [5.41, 5.74) is 0. The number of hydrogen-bond acceptors (Lipinski definition) is 4. The number of halogens is 1. The van der Waals surface area contributed by atoms with Crippen molar-refractivity contribution in [2.75, 3.05) is 0 Å². The number of carbonyl (C=O) groups excluding carboxylic acids is 2. The fraction of sp³-hybridized carbons (Fsp3) is 0.714. The third-order valence-electron chi connectivity index (χ3n) is 0.996. The van der Waals surface area contributed by atoms with E-state index in [2.05, 4.69) is 9.78 Å². The lowest BCUT2D eigenvalue weighted by molar-refractivity contribution is -0.258. The normalized spacial score (nSPS) is 11.9. The van der Waals surface area contributed by atoms with Crippen molar-refractivity contribution in [1.82, 2.24) is 0 Å². The largest absolute Gasteiger partial charge is 0.372 e. The van der Waals surface area contributed by atoms with E-state index in [4.69, 9.17) is 11.6 Å². The van der Waals surface area contributed by atoms with Crippen molar-refractivity contribution in [1.29, 1.82) is 0 Å². The van der Waals surface area contributed by atoms with Crippen LogP contribution in [0.25, 0.3) is 0 Å². The van der Waals surface area contributed by atoms with Gasteiger partial charge in [-0.25, -0.2) is 19.4 Å². The molecule has 0 heterocycles. The van der Waals surface area contributed by atoms with E-state index in [9.17, 15) is 9.59 Å². The Balaban J connectivity index is 3.54. The molecule has 5 heteroatoms. The SMILES string of the molecule is CCCC(=O)OOC(=O)C(C)Cl. The van der Waals surface area contributed by atoms with Crippen LogP contribution >= 0.6 is 11.6 Å². The van der Waals surface area contributed by atoms with Crippen LogP contribution in [0.3, 0.4) is 0 Å². The van der Waals surface area contributed by atoms with Crippen molar-refractivity contribution in [2.24, 2.45) is 0 Å². The summed E-state index contributed by atoms with van der Waals surface area (Å²) >= 11 is 5.32. The molecular formula is C7H11ClO4. The van der Waals surface area contributed by atoms with Gasteiger partial charge in [-0.2, -0.15) is 0 Å². The first-order valence-corrected chi connectivity index (χ1v) is 4.06. The Kier molecular flexibility index (Phi) is 5.45. The van der Waals surface area contributed by atoms with Crippen molar-refractivity contribution in [3.63, 3.8) is 0 Å². The maximum atomic E-state index is 10.6. The molecule has 70 valence electrons. The van der Waals surface area contributed by atoms with Gasteiger partial charge in [0.2, 0.25) is 0 Å². The number of carbonyl (C=O) groups is 2. The Morgan fingerprint density at radius 2 is 2.00 bits per heavy atom. The molecule has 0 saturated carbocycles. The summed E-state index contributed by atoms with van der Waals surface area (Å²) < 4.78 is 0. The molecule has 0 aliphatic heterocycles. The zero-order valence-electron chi connectivity index (χ0n) is 7.00. The highest BCUT2D eigenvalue weighted by molar-refractivity contribution is 6.29. The lowest BCUT2D eigenvalue weighted by Crippen LogP contribution is -2.17. The fourth-order valence-corrected chi connectivity index (χ4v) is 0.436. The molecule has 0 aromatic carbocycles. The van der Waals surface area contributed by atoms with Crippen LogP contribution in [0.2, 0.25) is 0 Å². The average molecular weight is 195 g/mol. The highest BCUT2D eigenvalue weighted by atomic mass is 35.5. The van der Waals surface area contributed by atoms with Gasteiger partial charge < -0.3 is 0 Å². The average Bonchev–Trinajstić information content (AvgIpc) is 2.00. The Morgan fingerprint density at radius 3 is 2.42 bits per heavy atom. The second-order valence-corrected chi connectivity index (χ2v) is 2.88. The molecule has 4 nitrogen and oxygen atoms in total. The third kappa shape index (κ3) is 4.96. The molecule has 0 aliphatic carbocycles. The summed E-state index contributed by atoms with van der Waals surface area (Å²) in [5.74, 6) is -1.33. The first-order valence-electron chi connectivity index (χ1n) is 3.63. The van der Waals surface area contributed by atoms with Crippen molar-refractivity contribution in [2.45, 2.75) is 32.1 Å². The van der Waals surface area contributed by atoms with Crippen molar-refractivity contribution in [3.8, 4) is 0 Å². The number of rotatable bonds is 3. The number of hydrogen-bond donors (Lipinski definition) is 0. The van der Waals surface area contributed by atoms with Crippen LogP contribution in [0, 0.1) is 0 Å². The summed E-state index contributed by atoms with van der Waals surface area (Å²) in [7, 11) is 0. The quantitative estimate of drug-likeness (QED) is 0.387. The van der Waals surface area contributed by atoms with Gasteiger partial charge in [-0.3, -0.25) is 0 Å². The predicted molar refractivity (Wildman–Crippen MR) is 42.4 cm³/mol. The van der Waals surface area contributed by atoms with Crippen LogP contribution in [0.5, 0.6) is 0 Å². The standard InChI is InChI=1S/C7H11ClO4/c1-3-4-6(9)11-12-7(10)5(2)8/h5H,3-4H2,1-2H3. The molecule has 0 N–H and O–H groups in total. The highest BCUT2D eigenvalue weighted by Crippen LogP contribution is 1.99. The summed E-state index contributed by atoms with van der Waals surface area (Å²) in [6.45, 7) is 3.24. The van der Waals surface area contributed by atoms with E-state index in [1.165, 1.54) is 6.92 Å². The summed E-state index contributed by atoms with van der Waals surface area (Å²) in [4.78, 5) is 29.5. The molecule has 0 saturated heterocycles. The monoisotopic (exact) mass is 194 g/mol. The van der Waals surface area contributed by atoms with E-state index >= 15 is 0 Å². The van der Waals surface area contributed by atoms with Crippen molar-refractivity contribution >= 4 is 23.5 Å². The van der Waals surface area contributed by atoms with Crippen molar-refractivity contribution in [3.05, 3.63) is 0 Å². The van der Waals surface area contributed by atoms with Gasteiger partial charge in [-0.05, 0) is 13.3 Å². The number of alkyl halides is 1. The van der Waals surface area contributed by atoms with Crippen molar-refractivity contribution < 1.29 is 19.4 Å². The highest BCUT2D eigenvalue weighted by Gasteiger charge is 2.14. The lowest BCUT2D eigenvalue weighted by atomic mass is 10.3. The van der Waals surface area contributed by atoms with Crippen LogP contribution in [-0.2, 0) is 19.4 Å². The maximum Gasteiger partial charge on any atom is 0.372 e. The first-order chi connectivity index (χ1) is 5.57.